The number of Topliss-reactive ketones (excluding diaryl/α,β-unsaturated/α-hetero) is 1. The summed E-state index contributed by atoms with van der Waals surface area (Å²) in [5.74, 6) is -0.374. The molecule has 0 N–H and O–H groups in total. The molecule has 176 valence electrons. The molecule has 2 heterocycles. The molecule has 2 aliphatic heterocycles. The van der Waals surface area contributed by atoms with Crippen LogP contribution in [0.2, 0.25) is 5.02 Å². The molecule has 0 bridgehead atoms. The van der Waals surface area contributed by atoms with Gasteiger partial charge in [0.05, 0.1) is 10.8 Å². The molecule has 1 saturated heterocycles. The molecule has 0 aliphatic carbocycles. The van der Waals surface area contributed by atoms with Crippen LogP contribution in [0.1, 0.15) is 30.1 Å². The normalized spacial score (nSPS) is 17.9. The summed E-state index contributed by atoms with van der Waals surface area (Å²) in [4.78, 5) is 25.2. The van der Waals surface area contributed by atoms with Gasteiger partial charge in [0.2, 0.25) is 15.8 Å². The fourth-order valence-electron chi connectivity index (χ4n) is 3.84. The second-order valence-electron chi connectivity index (χ2n) is 7.93. The molecule has 0 saturated carbocycles. The highest BCUT2D eigenvalue weighted by Gasteiger charge is 2.34. The molecule has 0 amide bonds. The standard InChI is InChI=1S/C23H24ClNO7S/c1-15(22(26)16-2-4-18(24)5-3-16)32-23(27)17-8-10-25(11-9-17)33(28,29)19-6-7-20-21(14-19)31-13-12-30-20/h2-7,14-15,17H,8-13H2,1H3. The van der Waals surface area contributed by atoms with Crippen molar-refractivity contribution in [2.24, 2.45) is 5.92 Å². The highest BCUT2D eigenvalue weighted by molar-refractivity contribution is 7.89. The molecule has 0 radical (unpaired) electrons. The maximum Gasteiger partial charge on any atom is 0.309 e. The van der Waals surface area contributed by atoms with Gasteiger partial charge in [-0.15, -0.1) is 0 Å². The lowest BCUT2D eigenvalue weighted by Gasteiger charge is -2.31. The summed E-state index contributed by atoms with van der Waals surface area (Å²) in [6.07, 6.45) is -0.326. The Morgan fingerprint density at radius 3 is 2.33 bits per heavy atom. The minimum atomic E-state index is -3.74. The van der Waals surface area contributed by atoms with Crippen LogP contribution in [-0.4, -0.2) is 56.9 Å². The highest BCUT2D eigenvalue weighted by Crippen LogP contribution is 2.34. The van der Waals surface area contributed by atoms with Gasteiger partial charge in [0.25, 0.3) is 0 Å². The number of hydrogen-bond acceptors (Lipinski definition) is 7. The quantitative estimate of drug-likeness (QED) is 0.449. The predicted octanol–water partition coefficient (Wildman–Crippen LogP) is 3.33. The number of fused-ring (bicyclic) bond motifs is 1. The van der Waals surface area contributed by atoms with E-state index in [9.17, 15) is 18.0 Å². The van der Waals surface area contributed by atoms with E-state index in [0.717, 1.165) is 0 Å². The number of esters is 1. The molecule has 2 aromatic rings. The number of sulfonamides is 1. The van der Waals surface area contributed by atoms with E-state index in [0.29, 0.717) is 48.1 Å². The second kappa shape index (κ2) is 9.70. The van der Waals surface area contributed by atoms with E-state index >= 15 is 0 Å². The van der Waals surface area contributed by atoms with Crippen molar-refractivity contribution in [1.29, 1.82) is 0 Å². The smallest absolute Gasteiger partial charge is 0.309 e. The number of carbonyl (C=O) groups is 2. The van der Waals surface area contributed by atoms with Crippen molar-refractivity contribution in [3.05, 3.63) is 53.1 Å². The minimum absolute atomic E-state index is 0.120. The van der Waals surface area contributed by atoms with Crippen molar-refractivity contribution < 1.29 is 32.2 Å². The van der Waals surface area contributed by atoms with E-state index in [1.54, 1.807) is 30.3 Å². The van der Waals surface area contributed by atoms with Crippen LogP contribution < -0.4 is 9.47 Å². The average Bonchev–Trinajstić information content (AvgIpc) is 2.83. The van der Waals surface area contributed by atoms with Gasteiger partial charge < -0.3 is 14.2 Å². The lowest BCUT2D eigenvalue weighted by atomic mass is 9.98. The molecular weight excluding hydrogens is 470 g/mol. The topological polar surface area (TPSA) is 99.2 Å². The molecule has 0 spiro atoms. The Balaban J connectivity index is 1.34. The van der Waals surface area contributed by atoms with Crippen LogP contribution in [0.15, 0.2) is 47.4 Å². The molecular formula is C23H24ClNO7S. The largest absolute Gasteiger partial charge is 0.486 e. The van der Waals surface area contributed by atoms with Gasteiger partial charge in [-0.2, -0.15) is 4.31 Å². The van der Waals surface area contributed by atoms with Crippen molar-refractivity contribution in [3.8, 4) is 11.5 Å². The molecule has 2 aromatic carbocycles. The zero-order valence-electron chi connectivity index (χ0n) is 18.0. The van der Waals surface area contributed by atoms with Crippen molar-refractivity contribution in [3.63, 3.8) is 0 Å². The number of rotatable bonds is 6. The third kappa shape index (κ3) is 5.15. The highest BCUT2D eigenvalue weighted by atomic mass is 35.5. The summed E-state index contributed by atoms with van der Waals surface area (Å²) in [5, 5.41) is 0.508. The number of carbonyl (C=O) groups excluding carboxylic acids is 2. The van der Waals surface area contributed by atoms with E-state index in [2.05, 4.69) is 0 Å². The van der Waals surface area contributed by atoms with E-state index < -0.39 is 28.0 Å². The predicted molar refractivity (Wildman–Crippen MR) is 120 cm³/mol. The van der Waals surface area contributed by atoms with E-state index in [-0.39, 0.29) is 23.8 Å². The minimum Gasteiger partial charge on any atom is -0.486 e. The number of nitrogens with zero attached hydrogens (tertiary/aromatic N) is 1. The molecule has 0 aromatic heterocycles. The van der Waals surface area contributed by atoms with Gasteiger partial charge >= 0.3 is 5.97 Å². The van der Waals surface area contributed by atoms with Gasteiger partial charge in [0.15, 0.2) is 17.6 Å². The van der Waals surface area contributed by atoms with E-state index in [4.69, 9.17) is 25.8 Å². The number of ether oxygens (including phenoxy) is 3. The van der Waals surface area contributed by atoms with Crippen LogP contribution >= 0.6 is 11.6 Å². The third-order valence-electron chi connectivity index (χ3n) is 5.73. The Kier molecular flexibility index (Phi) is 6.92. The van der Waals surface area contributed by atoms with Crippen molar-refractivity contribution in [1.82, 2.24) is 4.31 Å². The third-order valence-corrected chi connectivity index (χ3v) is 7.88. The Morgan fingerprint density at radius 2 is 1.67 bits per heavy atom. The Labute approximate surface area is 197 Å². The second-order valence-corrected chi connectivity index (χ2v) is 10.3. The molecule has 33 heavy (non-hydrogen) atoms. The number of hydrogen-bond donors (Lipinski definition) is 0. The first-order chi connectivity index (χ1) is 15.8. The number of piperidine rings is 1. The first-order valence-corrected chi connectivity index (χ1v) is 12.5. The first-order valence-electron chi connectivity index (χ1n) is 10.7. The molecule has 2 aliphatic rings. The molecule has 1 unspecified atom stereocenters. The molecule has 1 fully saturated rings. The summed E-state index contributed by atoms with van der Waals surface area (Å²) in [7, 11) is -3.74. The fourth-order valence-corrected chi connectivity index (χ4v) is 5.45. The summed E-state index contributed by atoms with van der Waals surface area (Å²) in [6.45, 7) is 2.66. The van der Waals surface area contributed by atoms with Crippen LogP contribution in [0.3, 0.4) is 0 Å². The number of benzene rings is 2. The van der Waals surface area contributed by atoms with Crippen LogP contribution in [0.4, 0.5) is 0 Å². The first kappa shape index (κ1) is 23.5. The molecule has 10 heteroatoms. The molecule has 1 atom stereocenters. The molecule has 8 nitrogen and oxygen atoms in total. The summed E-state index contributed by atoms with van der Waals surface area (Å²) < 4.78 is 43.8. The number of halogens is 1. The number of ketones is 1. The fraction of sp³-hybridized carbons (Fsp3) is 0.391. The summed E-state index contributed by atoms with van der Waals surface area (Å²) in [6, 6.07) is 10.9. The van der Waals surface area contributed by atoms with Crippen molar-refractivity contribution in [2.45, 2.75) is 30.8 Å². The van der Waals surface area contributed by atoms with Gasteiger partial charge in [0.1, 0.15) is 13.2 Å². The Morgan fingerprint density at radius 1 is 1.03 bits per heavy atom. The van der Waals surface area contributed by atoms with E-state index in [1.165, 1.54) is 23.4 Å². The van der Waals surface area contributed by atoms with Crippen LogP contribution in [0.25, 0.3) is 0 Å². The van der Waals surface area contributed by atoms with Crippen LogP contribution in [0.5, 0.6) is 11.5 Å². The zero-order valence-corrected chi connectivity index (χ0v) is 19.6. The lowest BCUT2D eigenvalue weighted by Crippen LogP contribution is -2.41. The zero-order chi connectivity index (χ0) is 23.6. The van der Waals surface area contributed by atoms with Gasteiger partial charge in [-0.1, -0.05) is 11.6 Å². The van der Waals surface area contributed by atoms with Gasteiger partial charge in [-0.3, -0.25) is 9.59 Å². The van der Waals surface area contributed by atoms with Gasteiger partial charge in [-0.05, 0) is 56.2 Å². The van der Waals surface area contributed by atoms with Crippen molar-refractivity contribution in [2.75, 3.05) is 26.3 Å². The summed E-state index contributed by atoms with van der Waals surface area (Å²) >= 11 is 5.84. The van der Waals surface area contributed by atoms with Crippen LogP contribution in [0, 0.1) is 5.92 Å². The van der Waals surface area contributed by atoms with Gasteiger partial charge in [0, 0.05) is 29.7 Å². The van der Waals surface area contributed by atoms with E-state index in [1.807, 2.05) is 0 Å². The van der Waals surface area contributed by atoms with Crippen LogP contribution in [-0.2, 0) is 19.6 Å². The maximum absolute atomic E-state index is 13.1. The SMILES string of the molecule is CC(OC(=O)C1CCN(S(=O)(=O)c2ccc3c(c2)OCCO3)CC1)C(=O)c1ccc(Cl)cc1. The Hall–Kier alpha value is -2.62. The Bertz CT molecular complexity index is 1140. The maximum atomic E-state index is 13.1. The lowest BCUT2D eigenvalue weighted by molar-refractivity contribution is -0.152. The average molecular weight is 494 g/mol. The monoisotopic (exact) mass is 493 g/mol. The van der Waals surface area contributed by atoms with Gasteiger partial charge in [-0.25, -0.2) is 8.42 Å². The molecule has 4 rings (SSSR count). The summed E-state index contributed by atoms with van der Waals surface area (Å²) in [5.41, 5.74) is 0.403. The van der Waals surface area contributed by atoms with Crippen molar-refractivity contribution >= 4 is 33.4 Å².